The summed E-state index contributed by atoms with van der Waals surface area (Å²) in [6.45, 7) is 0. The van der Waals surface area contributed by atoms with Crippen LogP contribution in [0.25, 0.3) is 21.4 Å². The molecule has 2 aliphatic heterocycles. The number of benzene rings is 6. The Hall–Kier alpha value is -4.97. The SMILES string of the molecule is c1ccc([Si]2(c3ccccc3)C3=C(c4ccccc42)[Si](c2ccccc2)(c2ccccc2)c2c3oc3ccccc23)cc1. The lowest BCUT2D eigenvalue weighted by Gasteiger charge is -2.33. The molecule has 0 N–H and O–H groups in total. The van der Waals surface area contributed by atoms with E-state index < -0.39 is 16.1 Å². The Morgan fingerprint density at radius 3 is 1.37 bits per heavy atom. The van der Waals surface area contributed by atoms with Crippen LogP contribution in [0.4, 0.5) is 0 Å². The van der Waals surface area contributed by atoms with E-state index in [1.807, 2.05) is 0 Å². The van der Waals surface area contributed by atoms with Gasteiger partial charge >= 0.3 is 0 Å². The van der Waals surface area contributed by atoms with Gasteiger partial charge in [0.1, 0.15) is 11.3 Å². The maximum absolute atomic E-state index is 7.16. The quantitative estimate of drug-likeness (QED) is 0.255. The molecule has 0 fully saturated rings. The summed E-state index contributed by atoms with van der Waals surface area (Å²) in [6.07, 6.45) is 0. The molecule has 2 aliphatic rings. The van der Waals surface area contributed by atoms with Crippen LogP contribution in [0.3, 0.4) is 0 Å². The molecule has 3 heterocycles. The van der Waals surface area contributed by atoms with Crippen molar-refractivity contribution in [3.63, 3.8) is 0 Å². The lowest BCUT2D eigenvalue weighted by Crippen LogP contribution is -2.68. The third kappa shape index (κ3) is 3.10. The standard InChI is InChI=1S/C40H28OSi2/c1-5-17-29(18-6-1)42(30-19-7-2-8-20-30)36-28-16-14-26-34(36)39-40(42)37-38(33-25-13-15-27-35(33)41-37)43(39,31-21-9-3-10-22-31)32-23-11-4-12-24-32/h1-28H. The van der Waals surface area contributed by atoms with Crippen LogP contribution >= 0.6 is 0 Å². The molecule has 0 radical (unpaired) electrons. The Bertz CT molecular complexity index is 2090. The van der Waals surface area contributed by atoms with Crippen molar-refractivity contribution >= 4 is 68.6 Å². The van der Waals surface area contributed by atoms with E-state index in [1.165, 1.54) is 52.5 Å². The number of hydrogen-bond donors (Lipinski definition) is 0. The molecule has 1 aromatic heterocycles. The lowest BCUT2D eigenvalue weighted by molar-refractivity contribution is 0.606. The van der Waals surface area contributed by atoms with Crippen LogP contribution in [0.15, 0.2) is 174 Å². The second-order valence-corrected chi connectivity index (χ2v) is 18.9. The molecule has 1 nitrogen and oxygen atoms in total. The zero-order valence-electron chi connectivity index (χ0n) is 23.6. The molecule has 0 atom stereocenters. The van der Waals surface area contributed by atoms with Crippen LogP contribution in [0.2, 0.25) is 0 Å². The molecular formula is C40H28OSi2. The van der Waals surface area contributed by atoms with E-state index >= 15 is 0 Å². The highest BCUT2D eigenvalue weighted by Gasteiger charge is 2.63. The van der Waals surface area contributed by atoms with Gasteiger partial charge in [-0.15, -0.1) is 0 Å². The van der Waals surface area contributed by atoms with Crippen LogP contribution in [0.1, 0.15) is 11.3 Å². The summed E-state index contributed by atoms with van der Waals surface area (Å²) in [4.78, 5) is 0. The average molecular weight is 581 g/mol. The maximum atomic E-state index is 7.16. The van der Waals surface area contributed by atoms with E-state index in [-0.39, 0.29) is 0 Å². The Morgan fingerprint density at radius 1 is 0.372 bits per heavy atom. The second kappa shape index (κ2) is 9.27. The molecule has 0 saturated heterocycles. The first kappa shape index (κ1) is 24.6. The fourth-order valence-corrected chi connectivity index (χ4v) is 20.0. The number of fused-ring (bicyclic) bond motifs is 6. The average Bonchev–Trinajstić information content (AvgIpc) is 3.72. The van der Waals surface area contributed by atoms with Gasteiger partial charge in [0.2, 0.25) is 0 Å². The highest BCUT2D eigenvalue weighted by atomic mass is 28.3. The van der Waals surface area contributed by atoms with Crippen LogP contribution in [-0.4, -0.2) is 16.1 Å². The molecule has 0 amide bonds. The van der Waals surface area contributed by atoms with Crippen molar-refractivity contribution in [2.75, 3.05) is 0 Å². The van der Waals surface area contributed by atoms with E-state index in [2.05, 4.69) is 170 Å². The van der Waals surface area contributed by atoms with Gasteiger partial charge < -0.3 is 4.42 Å². The van der Waals surface area contributed by atoms with Crippen molar-refractivity contribution in [1.82, 2.24) is 0 Å². The van der Waals surface area contributed by atoms with Crippen molar-refractivity contribution in [2.45, 2.75) is 0 Å². The molecular weight excluding hydrogens is 553 g/mol. The van der Waals surface area contributed by atoms with Gasteiger partial charge in [-0.3, -0.25) is 0 Å². The molecule has 0 unspecified atom stereocenters. The van der Waals surface area contributed by atoms with Crippen LogP contribution < -0.4 is 31.1 Å². The summed E-state index contributed by atoms with van der Waals surface area (Å²) in [6, 6.07) is 63.2. The Kier molecular flexibility index (Phi) is 5.31. The van der Waals surface area contributed by atoms with Gasteiger partial charge in [-0.2, -0.15) is 0 Å². The highest BCUT2D eigenvalue weighted by molar-refractivity contribution is 7.35. The van der Waals surface area contributed by atoms with E-state index in [9.17, 15) is 0 Å². The van der Waals surface area contributed by atoms with Crippen LogP contribution in [0, 0.1) is 0 Å². The predicted octanol–water partition coefficient (Wildman–Crippen LogP) is 5.39. The zero-order chi connectivity index (χ0) is 28.4. The zero-order valence-corrected chi connectivity index (χ0v) is 25.6. The summed E-state index contributed by atoms with van der Waals surface area (Å²) in [5.41, 5.74) is 2.37. The molecule has 6 aromatic carbocycles. The number of furan rings is 1. The summed E-state index contributed by atoms with van der Waals surface area (Å²) < 4.78 is 7.16. The third-order valence-corrected chi connectivity index (χ3v) is 19.7. The molecule has 9 rings (SSSR count). The fraction of sp³-hybridized carbons (Fsp3) is 0. The molecule has 0 saturated carbocycles. The Balaban J connectivity index is 1.57. The maximum Gasteiger partial charge on any atom is 0.185 e. The highest BCUT2D eigenvalue weighted by Crippen LogP contribution is 2.50. The Labute approximate surface area is 253 Å². The van der Waals surface area contributed by atoms with Crippen molar-refractivity contribution in [3.8, 4) is 0 Å². The van der Waals surface area contributed by atoms with Crippen molar-refractivity contribution in [3.05, 3.63) is 181 Å². The summed E-state index contributed by atoms with van der Waals surface area (Å²) >= 11 is 0. The molecule has 0 aliphatic carbocycles. The van der Waals surface area contributed by atoms with Crippen molar-refractivity contribution in [1.29, 1.82) is 0 Å². The first-order valence-electron chi connectivity index (χ1n) is 15.0. The molecule has 0 bridgehead atoms. The second-order valence-electron chi connectivity index (χ2n) is 11.6. The van der Waals surface area contributed by atoms with E-state index in [4.69, 9.17) is 4.42 Å². The Morgan fingerprint density at radius 2 is 0.814 bits per heavy atom. The minimum absolute atomic E-state index is 0.975. The monoisotopic (exact) mass is 580 g/mol. The summed E-state index contributed by atoms with van der Waals surface area (Å²) in [7, 11) is -5.62. The molecule has 3 heteroatoms. The summed E-state index contributed by atoms with van der Waals surface area (Å²) in [5, 5.41) is 12.7. The molecule has 43 heavy (non-hydrogen) atoms. The lowest BCUT2D eigenvalue weighted by atomic mass is 10.2. The van der Waals surface area contributed by atoms with E-state index in [1.54, 1.807) is 0 Å². The first-order chi connectivity index (χ1) is 21.4. The van der Waals surface area contributed by atoms with E-state index in [0.29, 0.717) is 0 Å². The number of rotatable bonds is 4. The van der Waals surface area contributed by atoms with Crippen molar-refractivity contribution < 1.29 is 4.42 Å². The minimum Gasteiger partial charge on any atom is -0.457 e. The van der Waals surface area contributed by atoms with E-state index in [0.717, 1.165) is 11.3 Å². The topological polar surface area (TPSA) is 13.1 Å². The largest absolute Gasteiger partial charge is 0.457 e. The van der Waals surface area contributed by atoms with Gasteiger partial charge in [0.05, 0.1) is 0 Å². The smallest absolute Gasteiger partial charge is 0.185 e. The number of para-hydroxylation sites is 1. The van der Waals surface area contributed by atoms with Gasteiger partial charge in [-0.25, -0.2) is 0 Å². The predicted molar refractivity (Wildman–Crippen MR) is 185 cm³/mol. The van der Waals surface area contributed by atoms with Gasteiger partial charge in [-0.05, 0) is 48.0 Å². The van der Waals surface area contributed by atoms with Crippen LogP contribution in [0.5, 0.6) is 0 Å². The fourth-order valence-electron chi connectivity index (χ4n) is 8.14. The van der Waals surface area contributed by atoms with Gasteiger partial charge in [-0.1, -0.05) is 164 Å². The van der Waals surface area contributed by atoms with Gasteiger partial charge in [0.15, 0.2) is 16.1 Å². The molecule has 202 valence electrons. The van der Waals surface area contributed by atoms with Gasteiger partial charge in [0.25, 0.3) is 0 Å². The van der Waals surface area contributed by atoms with Gasteiger partial charge in [0, 0.05) is 10.6 Å². The first-order valence-corrected chi connectivity index (χ1v) is 19.0. The number of hydrogen-bond acceptors (Lipinski definition) is 1. The minimum atomic E-state index is -2.83. The summed E-state index contributed by atoms with van der Waals surface area (Å²) in [5.74, 6) is 1.10. The molecule has 7 aromatic rings. The van der Waals surface area contributed by atoms with Crippen molar-refractivity contribution in [2.24, 2.45) is 0 Å². The van der Waals surface area contributed by atoms with Crippen LogP contribution in [-0.2, 0) is 0 Å². The third-order valence-electron chi connectivity index (χ3n) is 9.63. The normalized spacial score (nSPS) is 15.7. The molecule has 0 spiro atoms.